The molecule has 0 spiro atoms. The summed E-state index contributed by atoms with van der Waals surface area (Å²) in [6, 6.07) is 5.12. The molecule has 1 amide bonds. The van der Waals surface area contributed by atoms with E-state index in [9.17, 15) is 9.90 Å². The Morgan fingerprint density at radius 1 is 1.37 bits per heavy atom. The van der Waals surface area contributed by atoms with E-state index in [4.69, 9.17) is 5.11 Å². The van der Waals surface area contributed by atoms with E-state index < -0.39 is 0 Å². The van der Waals surface area contributed by atoms with Crippen molar-refractivity contribution in [2.45, 2.75) is 33.6 Å². The smallest absolute Gasteiger partial charge is 0.255 e. The van der Waals surface area contributed by atoms with Gasteiger partial charge in [-0.25, -0.2) is 0 Å². The van der Waals surface area contributed by atoms with Gasteiger partial charge in [-0.3, -0.25) is 4.79 Å². The molecule has 0 aliphatic carbocycles. The molecule has 0 bridgehead atoms. The summed E-state index contributed by atoms with van der Waals surface area (Å²) in [6.45, 7) is 6.41. The molecule has 0 radical (unpaired) electrons. The van der Waals surface area contributed by atoms with Gasteiger partial charge in [0.1, 0.15) is 5.75 Å². The Hall–Kier alpha value is -1.55. The molecule has 19 heavy (non-hydrogen) atoms. The van der Waals surface area contributed by atoms with E-state index in [1.165, 1.54) is 0 Å². The first kappa shape index (κ1) is 15.5. The third-order valence-corrected chi connectivity index (χ3v) is 3.23. The minimum atomic E-state index is -0.261. The van der Waals surface area contributed by atoms with E-state index in [1.807, 2.05) is 13.8 Å². The van der Waals surface area contributed by atoms with E-state index in [2.05, 4.69) is 5.32 Å². The van der Waals surface area contributed by atoms with Gasteiger partial charge in [-0.05, 0) is 36.8 Å². The van der Waals surface area contributed by atoms with Gasteiger partial charge in [-0.15, -0.1) is 0 Å². The Bertz CT molecular complexity index is 441. The second kappa shape index (κ2) is 6.57. The van der Waals surface area contributed by atoms with Crippen LogP contribution < -0.4 is 5.32 Å². The lowest BCUT2D eigenvalue weighted by molar-refractivity contribution is 0.0945. The minimum absolute atomic E-state index is 0.0377. The first-order valence-corrected chi connectivity index (χ1v) is 6.55. The molecule has 4 heteroatoms. The van der Waals surface area contributed by atoms with E-state index in [0.717, 1.165) is 12.8 Å². The van der Waals surface area contributed by atoms with Crippen LogP contribution in [0.4, 0.5) is 0 Å². The Kier molecular flexibility index (Phi) is 5.36. The van der Waals surface area contributed by atoms with Crippen LogP contribution in [0.25, 0.3) is 0 Å². The number of carbonyl (C=O) groups excluding carboxylic acids is 1. The highest BCUT2D eigenvalue weighted by Gasteiger charge is 2.16. The predicted octanol–water partition coefficient (Wildman–Crippen LogP) is 2.23. The number of amides is 1. The van der Waals surface area contributed by atoms with Gasteiger partial charge < -0.3 is 15.5 Å². The molecule has 1 rings (SSSR count). The molecule has 0 heterocycles. The van der Waals surface area contributed by atoms with E-state index in [-0.39, 0.29) is 23.7 Å². The van der Waals surface area contributed by atoms with Crippen molar-refractivity contribution < 1.29 is 15.0 Å². The first-order chi connectivity index (χ1) is 8.87. The molecule has 0 saturated heterocycles. The number of aliphatic hydroxyl groups excluding tert-OH is 1. The first-order valence-electron chi connectivity index (χ1n) is 6.55. The number of hydrogen-bond donors (Lipinski definition) is 3. The molecule has 0 aliphatic rings. The van der Waals surface area contributed by atoms with Gasteiger partial charge in [0.2, 0.25) is 0 Å². The van der Waals surface area contributed by atoms with Crippen LogP contribution in [0.2, 0.25) is 0 Å². The van der Waals surface area contributed by atoms with Crippen LogP contribution in [-0.2, 0) is 0 Å². The Balaban J connectivity index is 2.46. The van der Waals surface area contributed by atoms with Crippen LogP contribution in [-0.4, -0.2) is 29.3 Å². The molecule has 0 fully saturated rings. The van der Waals surface area contributed by atoms with Crippen LogP contribution in [0.3, 0.4) is 0 Å². The van der Waals surface area contributed by atoms with Gasteiger partial charge in [0.25, 0.3) is 5.91 Å². The highest BCUT2D eigenvalue weighted by molar-refractivity contribution is 5.97. The second-order valence-electron chi connectivity index (χ2n) is 5.65. The number of hydrogen-bond acceptors (Lipinski definition) is 3. The summed E-state index contributed by atoms with van der Waals surface area (Å²) in [5.41, 5.74) is 0.881. The maximum atomic E-state index is 11.9. The molecule has 4 nitrogen and oxygen atoms in total. The standard InChI is InChI=1S/C15H23NO3/c1-11-6-4-7-12(13(11)18)14(19)16-9-5-8-15(2,3)10-17/h4,6-7,17-18H,5,8-10H2,1-3H3,(H,16,19). The average molecular weight is 265 g/mol. The highest BCUT2D eigenvalue weighted by Crippen LogP contribution is 2.22. The Morgan fingerprint density at radius 3 is 2.68 bits per heavy atom. The number of phenols is 1. The van der Waals surface area contributed by atoms with E-state index in [0.29, 0.717) is 17.7 Å². The Labute approximate surface area is 114 Å². The molecule has 0 aromatic heterocycles. The number of rotatable bonds is 6. The fourth-order valence-electron chi connectivity index (χ4n) is 1.79. The number of carbonyl (C=O) groups is 1. The predicted molar refractivity (Wildman–Crippen MR) is 75.3 cm³/mol. The summed E-state index contributed by atoms with van der Waals surface area (Å²) < 4.78 is 0. The summed E-state index contributed by atoms with van der Waals surface area (Å²) in [5.74, 6) is -0.223. The van der Waals surface area contributed by atoms with E-state index in [1.54, 1.807) is 25.1 Å². The van der Waals surface area contributed by atoms with Gasteiger partial charge in [0.05, 0.1) is 5.56 Å². The topological polar surface area (TPSA) is 69.6 Å². The van der Waals surface area contributed by atoms with E-state index >= 15 is 0 Å². The number of aliphatic hydroxyl groups is 1. The summed E-state index contributed by atoms with van der Waals surface area (Å²) in [7, 11) is 0. The van der Waals surface area contributed by atoms with Crippen LogP contribution in [0.5, 0.6) is 5.75 Å². The number of para-hydroxylation sites is 1. The summed E-state index contributed by atoms with van der Waals surface area (Å²) in [6.07, 6.45) is 1.63. The van der Waals surface area contributed by atoms with Crippen molar-refractivity contribution >= 4 is 5.91 Å². The summed E-state index contributed by atoms with van der Waals surface area (Å²) in [5, 5.41) is 21.7. The van der Waals surface area contributed by atoms with Gasteiger partial charge in [-0.2, -0.15) is 0 Å². The molecular formula is C15H23NO3. The van der Waals surface area contributed by atoms with Crippen molar-refractivity contribution in [2.24, 2.45) is 5.41 Å². The maximum Gasteiger partial charge on any atom is 0.255 e. The number of aromatic hydroxyl groups is 1. The quantitative estimate of drug-likeness (QED) is 0.691. The molecule has 106 valence electrons. The fraction of sp³-hybridized carbons (Fsp3) is 0.533. The molecule has 0 saturated carbocycles. The van der Waals surface area contributed by atoms with Crippen molar-refractivity contribution in [2.75, 3.05) is 13.2 Å². The van der Waals surface area contributed by atoms with Crippen molar-refractivity contribution in [3.63, 3.8) is 0 Å². The second-order valence-corrected chi connectivity index (χ2v) is 5.65. The van der Waals surface area contributed by atoms with Crippen molar-refractivity contribution in [1.29, 1.82) is 0 Å². The highest BCUT2D eigenvalue weighted by atomic mass is 16.3. The summed E-state index contributed by atoms with van der Waals surface area (Å²) >= 11 is 0. The lowest BCUT2D eigenvalue weighted by atomic mass is 9.89. The number of aryl methyl sites for hydroxylation is 1. The number of benzene rings is 1. The summed E-state index contributed by atoms with van der Waals surface area (Å²) in [4.78, 5) is 11.9. The van der Waals surface area contributed by atoms with Crippen molar-refractivity contribution in [3.05, 3.63) is 29.3 Å². The lowest BCUT2D eigenvalue weighted by Gasteiger charge is -2.21. The molecule has 1 aromatic carbocycles. The molecule has 0 aliphatic heterocycles. The lowest BCUT2D eigenvalue weighted by Crippen LogP contribution is -2.26. The van der Waals surface area contributed by atoms with Crippen molar-refractivity contribution in [1.82, 2.24) is 5.32 Å². The molecule has 0 atom stereocenters. The monoisotopic (exact) mass is 265 g/mol. The largest absolute Gasteiger partial charge is 0.507 e. The maximum absolute atomic E-state index is 11.9. The van der Waals surface area contributed by atoms with Crippen LogP contribution in [0.15, 0.2) is 18.2 Å². The zero-order valence-electron chi connectivity index (χ0n) is 11.9. The van der Waals surface area contributed by atoms with Crippen molar-refractivity contribution in [3.8, 4) is 5.75 Å². The van der Waals surface area contributed by atoms with Gasteiger partial charge in [0, 0.05) is 13.2 Å². The normalized spacial score (nSPS) is 11.4. The molecule has 0 unspecified atom stereocenters. The zero-order valence-corrected chi connectivity index (χ0v) is 11.9. The fourth-order valence-corrected chi connectivity index (χ4v) is 1.79. The third-order valence-electron chi connectivity index (χ3n) is 3.23. The van der Waals surface area contributed by atoms with Gasteiger partial charge in [-0.1, -0.05) is 26.0 Å². The van der Waals surface area contributed by atoms with Crippen LogP contribution in [0, 0.1) is 12.3 Å². The molecule has 1 aromatic rings. The third kappa shape index (κ3) is 4.56. The minimum Gasteiger partial charge on any atom is -0.507 e. The van der Waals surface area contributed by atoms with Crippen LogP contribution >= 0.6 is 0 Å². The Morgan fingerprint density at radius 2 is 2.05 bits per heavy atom. The molecular weight excluding hydrogens is 242 g/mol. The zero-order chi connectivity index (χ0) is 14.5. The van der Waals surface area contributed by atoms with Gasteiger partial charge in [0.15, 0.2) is 0 Å². The number of nitrogens with one attached hydrogen (secondary N) is 1. The van der Waals surface area contributed by atoms with Gasteiger partial charge >= 0.3 is 0 Å². The average Bonchev–Trinajstić information content (AvgIpc) is 2.37. The van der Waals surface area contributed by atoms with Crippen LogP contribution in [0.1, 0.15) is 42.6 Å². The SMILES string of the molecule is Cc1cccc(C(=O)NCCCC(C)(C)CO)c1O. The molecule has 3 N–H and O–H groups in total. The number of phenolic OH excluding ortho intramolecular Hbond substituents is 1.